The Bertz CT molecular complexity index is 1170. The van der Waals surface area contributed by atoms with Crippen LogP contribution in [0.15, 0.2) is 5.16 Å². The van der Waals surface area contributed by atoms with E-state index >= 15 is 0 Å². The second-order valence-corrected chi connectivity index (χ2v) is 9.98. The van der Waals surface area contributed by atoms with E-state index in [1.165, 1.54) is 18.7 Å². The summed E-state index contributed by atoms with van der Waals surface area (Å²) in [6.45, 7) is 2.14. The van der Waals surface area contributed by atoms with Gasteiger partial charge in [-0.15, -0.1) is 11.8 Å². The Hall–Kier alpha value is -4.00. The Morgan fingerprint density at radius 2 is 2.03 bits per heavy atom. The number of likely N-dealkylation sites (tertiary alicyclic amines) is 1. The first-order chi connectivity index (χ1) is 17.3. The van der Waals surface area contributed by atoms with Gasteiger partial charge in [0, 0.05) is 24.6 Å². The quantitative estimate of drug-likeness (QED) is 0.0792. The number of nitrogen functional groups attached to an aromatic ring is 1. The van der Waals surface area contributed by atoms with Crippen LogP contribution in [0.5, 0.6) is 0 Å². The van der Waals surface area contributed by atoms with Crippen molar-refractivity contribution in [3.8, 4) is 0 Å². The van der Waals surface area contributed by atoms with Crippen LogP contribution in [0.4, 0.5) is 5.13 Å². The molecule has 0 aliphatic carbocycles. The van der Waals surface area contributed by atoms with E-state index in [-0.39, 0.29) is 29.9 Å². The summed E-state index contributed by atoms with van der Waals surface area (Å²) in [6, 6.07) is -1.25. The van der Waals surface area contributed by atoms with E-state index in [1.54, 1.807) is 0 Å². The first kappa shape index (κ1) is 27.6. The van der Waals surface area contributed by atoms with Crippen molar-refractivity contribution < 1.29 is 43.8 Å². The van der Waals surface area contributed by atoms with Crippen LogP contribution < -0.4 is 16.4 Å². The number of carbonyl (C=O) groups excluding carboxylic acids is 4. The number of hydrogen-bond donors (Lipinski definition) is 5. The molecule has 2 aliphatic rings. The molecule has 2 aliphatic heterocycles. The van der Waals surface area contributed by atoms with E-state index < -0.39 is 64.8 Å². The Morgan fingerprint density at radius 3 is 2.62 bits per heavy atom. The smallest absolute Gasteiger partial charge is 0.350 e. The van der Waals surface area contributed by atoms with Crippen LogP contribution in [0, 0.1) is 0 Å². The van der Waals surface area contributed by atoms with E-state index in [1.807, 2.05) is 0 Å². The van der Waals surface area contributed by atoms with Crippen LogP contribution in [-0.4, -0.2) is 113 Å². The van der Waals surface area contributed by atoms with Crippen LogP contribution in [0.3, 0.4) is 0 Å². The highest BCUT2D eigenvalue weighted by atomic mass is 32.2. The van der Waals surface area contributed by atoms with Crippen molar-refractivity contribution in [1.82, 2.24) is 29.8 Å². The molecule has 200 valence electrons. The number of aliphatic carboxylic acids is 2. The summed E-state index contributed by atoms with van der Waals surface area (Å²) < 4.78 is 3.87. The van der Waals surface area contributed by atoms with E-state index in [0.29, 0.717) is 0 Å². The van der Waals surface area contributed by atoms with E-state index in [9.17, 15) is 33.9 Å². The van der Waals surface area contributed by atoms with E-state index in [0.717, 1.165) is 28.2 Å². The topological polar surface area (TPSA) is 247 Å². The molecule has 2 saturated heterocycles. The Balaban J connectivity index is 1.79. The van der Waals surface area contributed by atoms with E-state index in [2.05, 4.69) is 25.1 Å². The number of rotatable bonds is 11. The van der Waals surface area contributed by atoms with Gasteiger partial charge in [0.05, 0.1) is 5.88 Å². The van der Waals surface area contributed by atoms with Gasteiger partial charge in [0.1, 0.15) is 18.0 Å². The number of hydrogen-bond acceptors (Lipinski definition) is 13. The van der Waals surface area contributed by atoms with Crippen molar-refractivity contribution in [3.05, 3.63) is 5.82 Å². The van der Waals surface area contributed by atoms with E-state index in [4.69, 9.17) is 15.7 Å². The number of carboxylic acid groups (broad SMARTS) is 2. The van der Waals surface area contributed by atoms with Gasteiger partial charge in [0.25, 0.3) is 5.91 Å². The van der Waals surface area contributed by atoms with Crippen molar-refractivity contribution in [2.75, 3.05) is 31.2 Å². The Labute approximate surface area is 216 Å². The average Bonchev–Trinajstić information content (AvgIpc) is 3.25. The van der Waals surface area contributed by atoms with Gasteiger partial charge in [-0.05, 0) is 13.8 Å². The number of amides is 4. The molecule has 19 heteroatoms. The number of anilines is 1. The molecule has 37 heavy (non-hydrogen) atoms. The number of thioether (sulfide) groups is 1. The molecule has 1 aromatic heterocycles. The fourth-order valence-electron chi connectivity index (χ4n) is 2.99. The molecule has 3 heterocycles. The van der Waals surface area contributed by atoms with Gasteiger partial charge in [-0.2, -0.15) is 9.36 Å². The van der Waals surface area contributed by atoms with Crippen molar-refractivity contribution in [2.45, 2.75) is 30.9 Å². The minimum atomic E-state index is -1.83. The first-order valence-corrected chi connectivity index (χ1v) is 12.2. The number of nitrogens with one attached hydrogen (secondary N) is 2. The maximum Gasteiger partial charge on any atom is 0.350 e. The highest BCUT2D eigenvalue weighted by Crippen LogP contribution is 2.31. The van der Waals surface area contributed by atoms with Gasteiger partial charge in [-0.25, -0.2) is 4.79 Å². The zero-order valence-electron chi connectivity index (χ0n) is 19.4. The number of nitrogens with two attached hydrogens (primary N) is 1. The van der Waals surface area contributed by atoms with Crippen molar-refractivity contribution in [2.24, 2.45) is 5.16 Å². The summed E-state index contributed by atoms with van der Waals surface area (Å²) >= 11 is 1.70. The second kappa shape index (κ2) is 10.9. The number of oxime groups is 1. The molecule has 3 rings (SSSR count). The normalized spacial score (nSPS) is 20.3. The van der Waals surface area contributed by atoms with Gasteiger partial charge in [0.2, 0.25) is 23.0 Å². The Morgan fingerprint density at radius 1 is 1.32 bits per heavy atom. The second-order valence-electron chi connectivity index (χ2n) is 8.12. The molecular weight excluding hydrogens is 536 g/mol. The molecule has 17 nitrogen and oxygen atoms in total. The molecule has 4 amide bonds. The third-order valence-electron chi connectivity index (χ3n) is 5.03. The molecule has 0 spiro atoms. The molecule has 2 atom stereocenters. The number of aromatic nitrogens is 2. The monoisotopic (exact) mass is 558 g/mol. The maximum atomic E-state index is 13.1. The lowest BCUT2D eigenvalue weighted by atomic mass is 10.1. The van der Waals surface area contributed by atoms with Crippen LogP contribution in [0.2, 0.25) is 0 Å². The number of piperazine rings is 1. The molecule has 0 bridgehead atoms. The molecular formula is C18H22N8O9S2. The van der Waals surface area contributed by atoms with Crippen LogP contribution >= 0.6 is 23.3 Å². The summed E-state index contributed by atoms with van der Waals surface area (Å²) in [5.74, 6) is -6.35. The molecule has 0 saturated carbocycles. The predicted molar refractivity (Wildman–Crippen MR) is 126 cm³/mol. The minimum Gasteiger partial charge on any atom is -0.480 e. The lowest BCUT2D eigenvalue weighted by Crippen LogP contribution is -2.71. The molecule has 0 unspecified atom stereocenters. The largest absolute Gasteiger partial charge is 0.480 e. The van der Waals surface area contributed by atoms with Crippen LogP contribution in [-0.2, 0) is 33.6 Å². The zero-order valence-corrected chi connectivity index (χ0v) is 21.0. The van der Waals surface area contributed by atoms with Gasteiger partial charge in [0.15, 0.2) is 5.13 Å². The maximum absolute atomic E-state index is 13.1. The number of carboxylic acids is 2. The molecule has 0 radical (unpaired) electrons. The van der Waals surface area contributed by atoms with Gasteiger partial charge >= 0.3 is 23.8 Å². The third kappa shape index (κ3) is 6.23. The number of β-lactam (4-membered cyclic amide) rings is 1. The average molecular weight is 559 g/mol. The molecule has 1 aromatic rings. The fraction of sp³-hybridized carbons (Fsp3) is 0.500. The highest BCUT2D eigenvalue weighted by Gasteiger charge is 2.50. The van der Waals surface area contributed by atoms with Crippen LogP contribution in [0.25, 0.3) is 0 Å². The lowest BCUT2D eigenvalue weighted by Gasteiger charge is -2.46. The van der Waals surface area contributed by atoms with Crippen molar-refractivity contribution in [3.63, 3.8) is 0 Å². The zero-order chi connectivity index (χ0) is 27.5. The summed E-state index contributed by atoms with van der Waals surface area (Å²) in [7, 11) is 0. The summed E-state index contributed by atoms with van der Waals surface area (Å²) in [4.78, 5) is 83.0. The highest BCUT2D eigenvalue weighted by molar-refractivity contribution is 8.00. The lowest BCUT2D eigenvalue weighted by molar-refractivity contribution is -0.161. The number of carbonyl (C=O) groups is 6. The van der Waals surface area contributed by atoms with Gasteiger partial charge < -0.3 is 41.2 Å². The number of nitrogens with zero attached hydrogens (tertiary/aromatic N) is 5. The van der Waals surface area contributed by atoms with Crippen LogP contribution in [0.1, 0.15) is 19.7 Å². The summed E-state index contributed by atoms with van der Waals surface area (Å²) in [6.07, 6.45) is 0. The molecule has 2 fully saturated rings. The standard InChI is InChI=1S/C18H22N8O9S2/c1-18(2,16(33)34)35-23-8(10-22-17(19)37-24-10)11(29)21-9-13(31)26(5-7(27)28)15(9)36-6-25-4-3-20-12(30)14(25)32/h9,15H,3-6H2,1-2H3,(H,20,30)(H,21,29)(H,27,28)(H,33,34)(H2,19,22,24)/b23-8-/t9-,15-/m1/s1. The summed E-state index contributed by atoms with van der Waals surface area (Å²) in [5, 5.41) is 25.8. The van der Waals surface area contributed by atoms with Gasteiger partial charge in [-0.3, -0.25) is 24.0 Å². The van der Waals surface area contributed by atoms with Gasteiger partial charge in [-0.1, -0.05) is 5.16 Å². The van der Waals surface area contributed by atoms with Crippen molar-refractivity contribution >= 4 is 69.7 Å². The third-order valence-corrected chi connectivity index (χ3v) is 6.90. The summed E-state index contributed by atoms with van der Waals surface area (Å²) in [5.41, 5.74) is 3.17. The first-order valence-electron chi connectivity index (χ1n) is 10.4. The van der Waals surface area contributed by atoms with Crippen molar-refractivity contribution in [1.29, 1.82) is 0 Å². The Kier molecular flexibility index (Phi) is 8.16. The SMILES string of the molecule is CC(C)(O/N=C(\C(=O)N[C@@H]1C(=O)N(CC(=O)O)[C@@H]1SCN1CCNC(=O)C1=O)c1nsc(N)n1)C(=O)O. The minimum absolute atomic E-state index is 0.0241. The molecule has 6 N–H and O–H groups in total. The molecule has 0 aromatic carbocycles. The predicted octanol–water partition coefficient (Wildman–Crippen LogP) is -2.91. The fourth-order valence-corrected chi connectivity index (χ4v) is 4.74.